The maximum atomic E-state index is 13.8. The summed E-state index contributed by atoms with van der Waals surface area (Å²) in [5, 5.41) is 3.21. The summed E-state index contributed by atoms with van der Waals surface area (Å²) in [6.45, 7) is 0.998. The van der Waals surface area contributed by atoms with Gasteiger partial charge < -0.3 is 10.1 Å². The summed E-state index contributed by atoms with van der Waals surface area (Å²) in [6, 6.07) is 2.84. The van der Waals surface area contributed by atoms with Gasteiger partial charge in [0.25, 0.3) is 5.91 Å². The van der Waals surface area contributed by atoms with E-state index >= 15 is 0 Å². The lowest BCUT2D eigenvalue weighted by molar-refractivity contribution is 0.0959. The fourth-order valence-electron chi connectivity index (χ4n) is 2.18. The lowest BCUT2D eigenvalue weighted by atomic mass is 10.0. The van der Waals surface area contributed by atoms with Gasteiger partial charge in [0.1, 0.15) is 5.82 Å². The number of benzene rings is 1. The highest BCUT2D eigenvalue weighted by Crippen LogP contribution is 2.28. The first-order valence-corrected chi connectivity index (χ1v) is 5.60. The van der Waals surface area contributed by atoms with Crippen LogP contribution in [0.3, 0.4) is 0 Å². The van der Waals surface area contributed by atoms with Crippen LogP contribution in [0.25, 0.3) is 10.9 Å². The van der Waals surface area contributed by atoms with E-state index < -0.39 is 11.7 Å². The summed E-state index contributed by atoms with van der Waals surface area (Å²) in [7, 11) is 1.47. The zero-order valence-corrected chi connectivity index (χ0v) is 9.79. The van der Waals surface area contributed by atoms with E-state index in [0.29, 0.717) is 18.7 Å². The maximum Gasteiger partial charge on any atom is 0.254 e. The molecule has 0 unspecified atom stereocenters. The highest BCUT2D eigenvalue weighted by Gasteiger charge is 2.18. The van der Waals surface area contributed by atoms with Crippen molar-refractivity contribution < 1.29 is 13.9 Å². The molecule has 4 nitrogen and oxygen atoms in total. The van der Waals surface area contributed by atoms with Crippen molar-refractivity contribution in [1.29, 1.82) is 0 Å². The Morgan fingerprint density at radius 3 is 3.06 bits per heavy atom. The number of pyridine rings is 1. The number of halogens is 1. The van der Waals surface area contributed by atoms with Crippen LogP contribution in [0.2, 0.25) is 0 Å². The van der Waals surface area contributed by atoms with Crippen LogP contribution >= 0.6 is 0 Å². The Morgan fingerprint density at radius 1 is 1.44 bits per heavy atom. The zero-order chi connectivity index (χ0) is 12.7. The minimum Gasteiger partial charge on any atom is -0.372 e. The molecule has 0 radical (unpaired) electrons. The Bertz CT molecular complexity index is 655. The van der Waals surface area contributed by atoms with Gasteiger partial charge in [-0.15, -0.1) is 0 Å². The van der Waals surface area contributed by atoms with Gasteiger partial charge in [0.15, 0.2) is 0 Å². The number of rotatable bonds is 1. The second-order valence-electron chi connectivity index (χ2n) is 4.18. The lowest BCUT2D eigenvalue weighted by Gasteiger charge is -2.07. The number of nitrogens with one attached hydrogen (secondary N) is 1. The summed E-state index contributed by atoms with van der Waals surface area (Å²) in [5.74, 6) is -1.00. The van der Waals surface area contributed by atoms with Gasteiger partial charge in [0.2, 0.25) is 0 Å². The van der Waals surface area contributed by atoms with Crippen LogP contribution in [0.5, 0.6) is 0 Å². The van der Waals surface area contributed by atoms with E-state index in [0.717, 1.165) is 16.5 Å². The number of nitrogens with zero attached hydrogens (tertiary/aromatic N) is 1. The monoisotopic (exact) mass is 246 g/mol. The Labute approximate surface area is 103 Å². The Kier molecular flexibility index (Phi) is 2.48. The van der Waals surface area contributed by atoms with Crippen molar-refractivity contribution in [2.75, 3.05) is 7.05 Å². The van der Waals surface area contributed by atoms with Gasteiger partial charge in [-0.05, 0) is 11.6 Å². The molecule has 1 aromatic carbocycles. The van der Waals surface area contributed by atoms with Crippen LogP contribution in [0.1, 0.15) is 21.5 Å². The van der Waals surface area contributed by atoms with Gasteiger partial charge in [0.05, 0.1) is 24.3 Å². The van der Waals surface area contributed by atoms with Crippen molar-refractivity contribution in [3.63, 3.8) is 0 Å². The third-order valence-electron chi connectivity index (χ3n) is 3.13. The summed E-state index contributed by atoms with van der Waals surface area (Å²) in [4.78, 5) is 15.8. The molecule has 0 spiro atoms. The molecule has 2 heterocycles. The molecule has 18 heavy (non-hydrogen) atoms. The molecule has 0 saturated heterocycles. The average molecular weight is 246 g/mol. The minimum atomic E-state index is -0.562. The third-order valence-corrected chi connectivity index (χ3v) is 3.13. The molecule has 0 saturated carbocycles. The van der Waals surface area contributed by atoms with Gasteiger partial charge in [0, 0.05) is 30.3 Å². The average Bonchev–Trinajstić information content (AvgIpc) is 2.85. The van der Waals surface area contributed by atoms with Crippen LogP contribution in [0, 0.1) is 5.82 Å². The molecule has 1 aliphatic rings. The second kappa shape index (κ2) is 4.03. The molecule has 0 fully saturated rings. The van der Waals surface area contributed by atoms with Gasteiger partial charge in [-0.2, -0.15) is 0 Å². The predicted molar refractivity (Wildman–Crippen MR) is 63.6 cm³/mol. The smallest absolute Gasteiger partial charge is 0.254 e. The molecule has 1 aliphatic heterocycles. The van der Waals surface area contributed by atoms with Crippen molar-refractivity contribution in [1.82, 2.24) is 10.3 Å². The first-order valence-electron chi connectivity index (χ1n) is 5.60. The molecule has 1 amide bonds. The molecule has 0 aliphatic carbocycles. The number of aromatic nitrogens is 1. The van der Waals surface area contributed by atoms with Gasteiger partial charge in [-0.25, -0.2) is 4.39 Å². The third kappa shape index (κ3) is 1.55. The standard InChI is InChI=1S/C13H11FN2O2/c1-15-13(17)9-2-8-10-6-18-5-7(10)4-16-12(8)3-11(9)14/h2-4H,5-6H2,1H3,(H,15,17). The molecule has 1 aromatic heterocycles. The van der Waals surface area contributed by atoms with Gasteiger partial charge in [-0.3, -0.25) is 9.78 Å². The predicted octanol–water partition coefficient (Wildman–Crippen LogP) is 1.76. The van der Waals surface area contributed by atoms with Crippen LogP contribution in [-0.2, 0) is 18.0 Å². The summed E-state index contributed by atoms with van der Waals surface area (Å²) in [5.41, 5.74) is 2.57. The van der Waals surface area contributed by atoms with Crippen LogP contribution in [-0.4, -0.2) is 17.9 Å². The Hall–Kier alpha value is -2.01. The fourth-order valence-corrected chi connectivity index (χ4v) is 2.18. The van der Waals surface area contributed by atoms with Gasteiger partial charge in [-0.1, -0.05) is 0 Å². The van der Waals surface area contributed by atoms with Crippen LogP contribution in [0.15, 0.2) is 18.3 Å². The minimum absolute atomic E-state index is 0.0344. The van der Waals surface area contributed by atoms with Crippen molar-refractivity contribution >= 4 is 16.8 Å². The van der Waals surface area contributed by atoms with Crippen molar-refractivity contribution in [2.45, 2.75) is 13.2 Å². The molecule has 1 N–H and O–H groups in total. The van der Waals surface area contributed by atoms with E-state index in [-0.39, 0.29) is 5.56 Å². The van der Waals surface area contributed by atoms with Crippen molar-refractivity contribution in [3.05, 3.63) is 40.8 Å². The topological polar surface area (TPSA) is 51.2 Å². The number of hydrogen-bond acceptors (Lipinski definition) is 3. The summed E-state index contributed by atoms with van der Waals surface area (Å²) in [6.07, 6.45) is 1.70. The molecular formula is C13H11FN2O2. The van der Waals surface area contributed by atoms with Crippen molar-refractivity contribution in [2.24, 2.45) is 0 Å². The maximum absolute atomic E-state index is 13.8. The molecule has 0 atom stereocenters. The quantitative estimate of drug-likeness (QED) is 0.834. The summed E-state index contributed by atoms with van der Waals surface area (Å²) >= 11 is 0. The van der Waals surface area contributed by atoms with E-state index in [1.807, 2.05) is 0 Å². The molecule has 0 bridgehead atoms. The fraction of sp³-hybridized carbons (Fsp3) is 0.231. The first kappa shape index (κ1) is 11.1. The number of carbonyl (C=O) groups excluding carboxylic acids is 1. The highest BCUT2D eigenvalue weighted by molar-refractivity contribution is 5.98. The van der Waals surface area contributed by atoms with Crippen LogP contribution in [0.4, 0.5) is 4.39 Å². The molecule has 3 rings (SSSR count). The second-order valence-corrected chi connectivity index (χ2v) is 4.18. The molecule has 92 valence electrons. The summed E-state index contributed by atoms with van der Waals surface area (Å²) < 4.78 is 19.1. The van der Waals surface area contributed by atoms with Gasteiger partial charge >= 0.3 is 0 Å². The first-order chi connectivity index (χ1) is 8.70. The zero-order valence-electron chi connectivity index (χ0n) is 9.79. The Morgan fingerprint density at radius 2 is 2.28 bits per heavy atom. The largest absolute Gasteiger partial charge is 0.372 e. The molecule has 2 aromatic rings. The number of fused-ring (bicyclic) bond motifs is 3. The van der Waals surface area contributed by atoms with E-state index in [4.69, 9.17) is 4.74 Å². The van der Waals surface area contributed by atoms with Crippen molar-refractivity contribution in [3.8, 4) is 0 Å². The highest BCUT2D eigenvalue weighted by atomic mass is 19.1. The van der Waals surface area contributed by atoms with E-state index in [1.165, 1.54) is 13.1 Å². The normalized spacial score (nSPS) is 13.7. The van der Waals surface area contributed by atoms with E-state index in [1.54, 1.807) is 12.3 Å². The van der Waals surface area contributed by atoms with Crippen LogP contribution < -0.4 is 5.32 Å². The number of ether oxygens (including phenoxy) is 1. The van der Waals surface area contributed by atoms with E-state index in [2.05, 4.69) is 10.3 Å². The Balaban J connectivity index is 2.29. The number of amides is 1. The lowest BCUT2D eigenvalue weighted by Crippen LogP contribution is -2.19. The SMILES string of the molecule is CNC(=O)c1cc2c3c(cnc2cc1F)COC3. The number of carbonyl (C=O) groups is 1. The molecule has 5 heteroatoms. The number of hydrogen-bond donors (Lipinski definition) is 1. The molecular weight excluding hydrogens is 235 g/mol. The van der Waals surface area contributed by atoms with E-state index in [9.17, 15) is 9.18 Å².